The fraction of sp³-hybridized carbons (Fsp3) is 0.733. The van der Waals surface area contributed by atoms with Gasteiger partial charge in [-0.2, -0.15) is 4.98 Å². The number of anilines is 2. The molecule has 0 unspecified atom stereocenters. The van der Waals surface area contributed by atoms with E-state index in [1.165, 1.54) is 0 Å². The molecule has 19 heavy (non-hydrogen) atoms. The van der Waals surface area contributed by atoms with Gasteiger partial charge in [-0.1, -0.05) is 27.7 Å². The predicted octanol–water partition coefficient (Wildman–Crippen LogP) is 3.31. The van der Waals surface area contributed by atoms with Crippen LogP contribution in [0, 0.1) is 23.7 Å². The van der Waals surface area contributed by atoms with Gasteiger partial charge in [0, 0.05) is 24.8 Å². The van der Waals surface area contributed by atoms with Crippen molar-refractivity contribution in [2.75, 3.05) is 23.7 Å². The molecule has 0 bridgehead atoms. The van der Waals surface area contributed by atoms with Crippen molar-refractivity contribution in [3.63, 3.8) is 0 Å². The molecule has 4 heteroatoms. The van der Waals surface area contributed by atoms with Crippen LogP contribution in [-0.4, -0.2) is 23.1 Å². The lowest BCUT2D eigenvalue weighted by Crippen LogP contribution is -2.11. The summed E-state index contributed by atoms with van der Waals surface area (Å²) in [7, 11) is 0. The second-order valence-corrected chi connectivity index (χ2v) is 6.63. The first-order chi connectivity index (χ1) is 8.79. The molecular formula is C15H26N4. The average molecular weight is 262 g/mol. The number of aryl methyl sites for hydroxylation is 1. The Hall–Kier alpha value is -1.32. The molecule has 1 aliphatic carbocycles. The molecule has 106 valence electrons. The normalized spacial score (nSPS) is 20.1. The van der Waals surface area contributed by atoms with Crippen molar-refractivity contribution in [1.82, 2.24) is 9.97 Å². The van der Waals surface area contributed by atoms with Gasteiger partial charge in [0.1, 0.15) is 5.82 Å². The van der Waals surface area contributed by atoms with Gasteiger partial charge < -0.3 is 10.6 Å². The van der Waals surface area contributed by atoms with Crippen molar-refractivity contribution >= 4 is 11.8 Å². The zero-order chi connectivity index (χ0) is 14.3. The summed E-state index contributed by atoms with van der Waals surface area (Å²) >= 11 is 0. The first kappa shape index (κ1) is 14.1. The van der Waals surface area contributed by atoms with Crippen LogP contribution in [0.3, 0.4) is 0 Å². The van der Waals surface area contributed by atoms with Crippen LogP contribution in [0.2, 0.25) is 0 Å². The molecule has 1 fully saturated rings. The maximum Gasteiger partial charge on any atom is 0.224 e. The number of rotatable bonds is 5. The summed E-state index contributed by atoms with van der Waals surface area (Å²) in [5.41, 5.74) is 1.81. The highest BCUT2D eigenvalue weighted by Crippen LogP contribution is 2.68. The summed E-state index contributed by atoms with van der Waals surface area (Å²) in [6.07, 6.45) is 0. The average Bonchev–Trinajstić information content (AvgIpc) is 2.66. The van der Waals surface area contributed by atoms with Gasteiger partial charge in [0.05, 0.1) is 0 Å². The number of hydrogen-bond donors (Lipinski definition) is 2. The lowest BCUT2D eigenvalue weighted by molar-refractivity contribution is 0.457. The molecule has 1 aliphatic rings. The molecular weight excluding hydrogens is 236 g/mol. The minimum atomic E-state index is 0.409. The first-order valence-electron chi connectivity index (χ1n) is 7.12. The van der Waals surface area contributed by atoms with Crippen LogP contribution in [0.25, 0.3) is 0 Å². The monoisotopic (exact) mass is 262 g/mol. The highest BCUT2D eigenvalue weighted by atomic mass is 15.1. The third kappa shape index (κ3) is 2.53. The van der Waals surface area contributed by atoms with E-state index < -0.39 is 0 Å². The van der Waals surface area contributed by atoms with Crippen molar-refractivity contribution in [3.05, 3.63) is 11.8 Å². The largest absolute Gasteiger partial charge is 0.370 e. The number of aromatic nitrogens is 2. The molecule has 0 atom stereocenters. The van der Waals surface area contributed by atoms with Gasteiger partial charge in [-0.05, 0) is 30.6 Å². The van der Waals surface area contributed by atoms with E-state index in [0.29, 0.717) is 22.7 Å². The molecule has 0 radical (unpaired) electrons. The van der Waals surface area contributed by atoms with Gasteiger partial charge in [0.2, 0.25) is 5.95 Å². The molecule has 0 saturated heterocycles. The third-order valence-electron chi connectivity index (χ3n) is 5.00. The second-order valence-electron chi connectivity index (χ2n) is 6.63. The van der Waals surface area contributed by atoms with Gasteiger partial charge in [-0.15, -0.1) is 0 Å². The van der Waals surface area contributed by atoms with Crippen LogP contribution in [0.15, 0.2) is 6.07 Å². The van der Waals surface area contributed by atoms with E-state index in [0.717, 1.165) is 24.6 Å². The number of nitrogens with one attached hydrogen (secondary N) is 2. The molecule has 2 rings (SSSR count). The van der Waals surface area contributed by atoms with E-state index in [-0.39, 0.29) is 0 Å². The zero-order valence-corrected chi connectivity index (χ0v) is 13.0. The van der Waals surface area contributed by atoms with Crippen molar-refractivity contribution < 1.29 is 0 Å². The van der Waals surface area contributed by atoms with Crippen LogP contribution >= 0.6 is 0 Å². The molecule has 4 nitrogen and oxygen atoms in total. The van der Waals surface area contributed by atoms with E-state index in [9.17, 15) is 0 Å². The molecule has 1 saturated carbocycles. The Labute approximate surface area is 116 Å². The zero-order valence-electron chi connectivity index (χ0n) is 13.0. The van der Waals surface area contributed by atoms with Crippen LogP contribution < -0.4 is 10.6 Å². The van der Waals surface area contributed by atoms with Crippen molar-refractivity contribution in [1.29, 1.82) is 0 Å². The Morgan fingerprint density at radius 2 is 1.74 bits per heavy atom. The van der Waals surface area contributed by atoms with E-state index in [1.807, 2.05) is 19.9 Å². The Morgan fingerprint density at radius 3 is 2.26 bits per heavy atom. The van der Waals surface area contributed by atoms with Gasteiger partial charge in [0.15, 0.2) is 0 Å². The molecule has 2 N–H and O–H groups in total. The highest BCUT2D eigenvalue weighted by Gasteiger charge is 2.64. The maximum atomic E-state index is 4.49. The summed E-state index contributed by atoms with van der Waals surface area (Å²) < 4.78 is 0. The van der Waals surface area contributed by atoms with E-state index >= 15 is 0 Å². The SMILES string of the molecule is CCNc1nc(C)cc(NCC2C(C)(C)C2(C)C)n1. The lowest BCUT2D eigenvalue weighted by Gasteiger charge is -2.09. The van der Waals surface area contributed by atoms with Crippen LogP contribution in [-0.2, 0) is 0 Å². The van der Waals surface area contributed by atoms with Crippen molar-refractivity contribution in [2.45, 2.75) is 41.5 Å². The Bertz CT molecular complexity index is 451. The summed E-state index contributed by atoms with van der Waals surface area (Å²) in [4.78, 5) is 8.85. The van der Waals surface area contributed by atoms with Crippen LogP contribution in [0.4, 0.5) is 11.8 Å². The van der Waals surface area contributed by atoms with Crippen molar-refractivity contribution in [3.8, 4) is 0 Å². The lowest BCUT2D eigenvalue weighted by atomic mass is 10.0. The molecule has 1 aromatic rings. The Morgan fingerprint density at radius 1 is 1.11 bits per heavy atom. The number of nitrogens with zero attached hydrogens (tertiary/aromatic N) is 2. The summed E-state index contributed by atoms with van der Waals surface area (Å²) in [6, 6.07) is 2.00. The van der Waals surface area contributed by atoms with Gasteiger partial charge in [-0.3, -0.25) is 0 Å². The first-order valence-corrected chi connectivity index (χ1v) is 7.12. The quantitative estimate of drug-likeness (QED) is 0.854. The molecule has 0 amide bonds. The van der Waals surface area contributed by atoms with Gasteiger partial charge in [0.25, 0.3) is 0 Å². The smallest absolute Gasteiger partial charge is 0.224 e. The minimum absolute atomic E-state index is 0.409. The fourth-order valence-corrected chi connectivity index (χ4v) is 2.95. The predicted molar refractivity (Wildman–Crippen MR) is 80.5 cm³/mol. The summed E-state index contributed by atoms with van der Waals surface area (Å²) in [5.74, 6) is 2.32. The Balaban J connectivity index is 2.01. The standard InChI is InChI=1S/C15H26N4/c1-7-16-13-18-10(2)8-12(19-13)17-9-11-14(3,4)15(11,5)6/h8,11H,7,9H2,1-6H3,(H2,16,17,18,19). The molecule has 0 aromatic carbocycles. The van der Waals surface area contributed by atoms with Gasteiger partial charge in [-0.25, -0.2) is 4.98 Å². The second kappa shape index (κ2) is 4.66. The Kier molecular flexibility index (Phi) is 3.45. The maximum absolute atomic E-state index is 4.49. The van der Waals surface area contributed by atoms with Crippen LogP contribution in [0.5, 0.6) is 0 Å². The minimum Gasteiger partial charge on any atom is -0.370 e. The molecule has 0 aliphatic heterocycles. The molecule has 0 spiro atoms. The van der Waals surface area contributed by atoms with Crippen LogP contribution in [0.1, 0.15) is 40.3 Å². The topological polar surface area (TPSA) is 49.8 Å². The van der Waals surface area contributed by atoms with Gasteiger partial charge >= 0.3 is 0 Å². The van der Waals surface area contributed by atoms with Crippen molar-refractivity contribution in [2.24, 2.45) is 16.7 Å². The van der Waals surface area contributed by atoms with E-state index in [4.69, 9.17) is 0 Å². The van der Waals surface area contributed by atoms with E-state index in [2.05, 4.69) is 48.3 Å². The summed E-state index contributed by atoms with van der Waals surface area (Å²) in [6.45, 7) is 15.2. The molecule has 1 aromatic heterocycles. The van der Waals surface area contributed by atoms with E-state index in [1.54, 1.807) is 0 Å². The summed E-state index contributed by atoms with van der Waals surface area (Å²) in [5, 5.41) is 6.63. The number of hydrogen-bond acceptors (Lipinski definition) is 4. The molecule has 1 heterocycles. The highest BCUT2D eigenvalue weighted by molar-refractivity contribution is 5.42. The fourth-order valence-electron chi connectivity index (χ4n) is 2.95. The third-order valence-corrected chi connectivity index (χ3v) is 5.00.